The van der Waals surface area contributed by atoms with Crippen molar-refractivity contribution in [2.75, 3.05) is 9.80 Å². The van der Waals surface area contributed by atoms with E-state index in [1.165, 1.54) is 76.8 Å². The van der Waals surface area contributed by atoms with Gasteiger partial charge in [-0.1, -0.05) is 211 Å². The predicted octanol–water partition coefficient (Wildman–Crippen LogP) is 19.8. The third-order valence-corrected chi connectivity index (χ3v) is 15.2. The first-order valence-corrected chi connectivity index (χ1v) is 25.1. The van der Waals surface area contributed by atoms with E-state index in [1.807, 2.05) is 0 Å². The number of para-hydroxylation sites is 2. The van der Waals surface area contributed by atoms with Crippen molar-refractivity contribution in [1.29, 1.82) is 0 Å². The lowest BCUT2D eigenvalue weighted by molar-refractivity contribution is 0.0977. The largest absolute Gasteiger partial charge is 0.310 e. The van der Waals surface area contributed by atoms with Crippen LogP contribution in [0.4, 0.5) is 34.1 Å². The topological polar surface area (TPSA) is 6.48 Å². The Labute approximate surface area is 419 Å². The van der Waals surface area contributed by atoms with Crippen LogP contribution in [0, 0.1) is 10.8 Å². The van der Waals surface area contributed by atoms with Gasteiger partial charge in [-0.25, -0.2) is 0 Å². The van der Waals surface area contributed by atoms with Crippen molar-refractivity contribution >= 4 is 66.4 Å². The normalized spacial score (nSPS) is 13.0. The van der Waals surface area contributed by atoms with Crippen LogP contribution in [0.1, 0.15) is 52.7 Å². The molecule has 0 atom stereocenters. The van der Waals surface area contributed by atoms with Gasteiger partial charge in [-0.05, 0) is 160 Å². The number of hydrogen-bond donors (Lipinski definition) is 0. The standard InChI is InChI=1S/C69H58N2/c1-67(2,3)69(68(4,5)6)65-58-41-38-56(70(52-29-15-9-16-30-52)54-33-21-27-49(43-54)47-23-11-7-12-24-47)45-51(58)37-40-62(65)64-60-36-20-19-35-59(60)63-46-57(39-42-61(63)66(64)69)71(53-31-17-10-18-32-53)55-34-22-28-50(44-55)48-25-13-8-14-26-48/h7-46H,1-6H3. The van der Waals surface area contributed by atoms with Gasteiger partial charge in [0.15, 0.2) is 0 Å². The molecule has 0 amide bonds. The molecular formula is C69H58N2. The van der Waals surface area contributed by atoms with E-state index >= 15 is 0 Å². The second kappa shape index (κ2) is 17.0. The van der Waals surface area contributed by atoms with Crippen LogP contribution in [0.5, 0.6) is 0 Å². The first-order chi connectivity index (χ1) is 34.5. The molecule has 2 heteroatoms. The van der Waals surface area contributed by atoms with E-state index in [9.17, 15) is 0 Å². The molecule has 0 aromatic heterocycles. The average molecular weight is 915 g/mol. The van der Waals surface area contributed by atoms with E-state index < -0.39 is 5.41 Å². The van der Waals surface area contributed by atoms with Gasteiger partial charge in [0.05, 0.1) is 0 Å². The summed E-state index contributed by atoms with van der Waals surface area (Å²) in [5.41, 5.74) is 16.3. The summed E-state index contributed by atoms with van der Waals surface area (Å²) in [6.07, 6.45) is 0. The highest BCUT2D eigenvalue weighted by atomic mass is 15.1. The van der Waals surface area contributed by atoms with Crippen LogP contribution in [0.3, 0.4) is 0 Å². The minimum Gasteiger partial charge on any atom is -0.310 e. The lowest BCUT2D eigenvalue weighted by atomic mass is 9.49. The summed E-state index contributed by atoms with van der Waals surface area (Å²) in [6.45, 7) is 14.9. The summed E-state index contributed by atoms with van der Waals surface area (Å²) in [7, 11) is 0. The number of anilines is 6. The Balaban J connectivity index is 1.09. The molecule has 0 spiro atoms. The average Bonchev–Trinajstić information content (AvgIpc) is 3.75. The molecule has 0 bridgehead atoms. The van der Waals surface area contributed by atoms with E-state index in [1.54, 1.807) is 0 Å². The Hall–Kier alpha value is -8.20. The highest BCUT2D eigenvalue weighted by molar-refractivity contribution is 6.20. The van der Waals surface area contributed by atoms with Crippen LogP contribution >= 0.6 is 0 Å². The van der Waals surface area contributed by atoms with E-state index in [2.05, 4.69) is 294 Å². The smallest absolute Gasteiger partial charge is 0.0468 e. The maximum Gasteiger partial charge on any atom is 0.0468 e. The molecule has 1 aliphatic rings. The third kappa shape index (κ3) is 7.15. The van der Waals surface area contributed by atoms with Crippen molar-refractivity contribution in [3.05, 3.63) is 254 Å². The Kier molecular flexibility index (Phi) is 10.6. The summed E-state index contributed by atoms with van der Waals surface area (Å²) in [5, 5.41) is 7.69. The molecule has 11 aromatic rings. The number of hydrogen-bond acceptors (Lipinski definition) is 2. The zero-order chi connectivity index (χ0) is 48.5. The van der Waals surface area contributed by atoms with Crippen molar-refractivity contribution in [3.8, 4) is 33.4 Å². The molecule has 344 valence electrons. The van der Waals surface area contributed by atoms with Crippen LogP contribution in [0.25, 0.3) is 65.7 Å². The van der Waals surface area contributed by atoms with Gasteiger partial charge in [-0.2, -0.15) is 0 Å². The maximum absolute atomic E-state index is 2.48. The highest BCUT2D eigenvalue weighted by Gasteiger charge is 2.59. The summed E-state index contributed by atoms with van der Waals surface area (Å²) >= 11 is 0. The molecule has 12 rings (SSSR count). The minimum absolute atomic E-state index is 0.200. The Bertz CT molecular complexity index is 3750. The van der Waals surface area contributed by atoms with Gasteiger partial charge in [-0.3, -0.25) is 0 Å². The van der Waals surface area contributed by atoms with Crippen LogP contribution in [0.15, 0.2) is 243 Å². The molecule has 0 heterocycles. The fourth-order valence-electron chi connectivity index (χ4n) is 12.8. The molecular weight excluding hydrogens is 857 g/mol. The Morgan fingerprint density at radius 3 is 1.23 bits per heavy atom. The van der Waals surface area contributed by atoms with Gasteiger partial charge in [-0.15, -0.1) is 0 Å². The summed E-state index contributed by atoms with van der Waals surface area (Å²) < 4.78 is 0. The van der Waals surface area contributed by atoms with E-state index in [0.717, 1.165) is 34.1 Å². The second-order valence-corrected chi connectivity index (χ2v) is 21.3. The van der Waals surface area contributed by atoms with Gasteiger partial charge in [0.2, 0.25) is 0 Å². The fraction of sp³-hybridized carbons (Fsp3) is 0.130. The Morgan fingerprint density at radius 1 is 0.282 bits per heavy atom. The molecule has 0 aliphatic heterocycles. The van der Waals surface area contributed by atoms with Crippen molar-refractivity contribution in [3.63, 3.8) is 0 Å². The van der Waals surface area contributed by atoms with E-state index in [0.29, 0.717) is 0 Å². The quantitative estimate of drug-likeness (QED) is 0.140. The van der Waals surface area contributed by atoms with Gasteiger partial charge in [0.25, 0.3) is 0 Å². The molecule has 0 fully saturated rings. The first kappa shape index (κ1) is 44.0. The molecule has 0 unspecified atom stereocenters. The van der Waals surface area contributed by atoms with Gasteiger partial charge >= 0.3 is 0 Å². The van der Waals surface area contributed by atoms with E-state index in [-0.39, 0.29) is 10.8 Å². The monoisotopic (exact) mass is 914 g/mol. The van der Waals surface area contributed by atoms with Crippen molar-refractivity contribution in [2.45, 2.75) is 47.0 Å². The van der Waals surface area contributed by atoms with Crippen molar-refractivity contribution in [1.82, 2.24) is 0 Å². The molecule has 0 saturated heterocycles. The molecule has 0 saturated carbocycles. The number of nitrogens with zero attached hydrogens (tertiary/aromatic N) is 2. The summed E-state index contributed by atoms with van der Waals surface area (Å²) in [5.74, 6) is 0. The molecule has 2 nitrogen and oxygen atoms in total. The fourth-order valence-corrected chi connectivity index (χ4v) is 12.8. The van der Waals surface area contributed by atoms with E-state index in [4.69, 9.17) is 0 Å². The summed E-state index contributed by atoms with van der Waals surface area (Å²) in [4.78, 5) is 4.83. The van der Waals surface area contributed by atoms with Crippen LogP contribution in [0.2, 0.25) is 0 Å². The zero-order valence-corrected chi connectivity index (χ0v) is 41.5. The number of benzene rings is 11. The molecule has 1 aliphatic carbocycles. The minimum atomic E-state index is -0.401. The summed E-state index contributed by atoms with van der Waals surface area (Å²) in [6, 6.07) is 89.4. The highest BCUT2D eigenvalue weighted by Crippen LogP contribution is 2.68. The maximum atomic E-state index is 2.48. The Morgan fingerprint density at radius 2 is 0.704 bits per heavy atom. The van der Waals surface area contributed by atoms with Crippen molar-refractivity contribution in [2.24, 2.45) is 10.8 Å². The van der Waals surface area contributed by atoms with Gasteiger partial charge in [0, 0.05) is 39.5 Å². The molecule has 0 N–H and O–H groups in total. The zero-order valence-electron chi connectivity index (χ0n) is 41.5. The lowest BCUT2D eigenvalue weighted by Crippen LogP contribution is -2.50. The number of rotatable bonds is 8. The second-order valence-electron chi connectivity index (χ2n) is 21.3. The van der Waals surface area contributed by atoms with Gasteiger partial charge in [0.1, 0.15) is 0 Å². The van der Waals surface area contributed by atoms with Crippen LogP contribution < -0.4 is 9.80 Å². The van der Waals surface area contributed by atoms with Gasteiger partial charge < -0.3 is 9.80 Å². The molecule has 0 radical (unpaired) electrons. The first-order valence-electron chi connectivity index (χ1n) is 25.1. The van der Waals surface area contributed by atoms with Crippen molar-refractivity contribution < 1.29 is 0 Å². The third-order valence-electron chi connectivity index (χ3n) is 15.2. The van der Waals surface area contributed by atoms with Crippen LogP contribution in [-0.4, -0.2) is 0 Å². The number of fused-ring (bicyclic) bond motifs is 10. The lowest BCUT2D eigenvalue weighted by Gasteiger charge is -2.54. The molecule has 11 aromatic carbocycles. The molecule has 71 heavy (non-hydrogen) atoms. The predicted molar refractivity (Wildman–Crippen MR) is 304 cm³/mol. The SMILES string of the molecule is CC(C)(C)C1(C(C)(C)C)c2c(ccc3cc(N(c4ccccc4)c4cccc(-c5ccccc5)c4)ccc23)-c2c1c1ccc(N(c3ccccc3)c3cccc(-c4ccccc4)c3)cc1c1ccccc21. The van der Waals surface area contributed by atoms with Crippen LogP contribution in [-0.2, 0) is 5.41 Å².